The molecule has 2 aromatic rings. The molecule has 0 bridgehead atoms. The first-order chi connectivity index (χ1) is 19.4. The van der Waals surface area contributed by atoms with Gasteiger partial charge in [0.05, 0.1) is 6.04 Å². The summed E-state index contributed by atoms with van der Waals surface area (Å²) in [5.74, 6) is -1.30. The lowest BCUT2D eigenvalue weighted by Gasteiger charge is -2.29. The number of hydrogen-bond acceptors (Lipinski definition) is 5. The Labute approximate surface area is 233 Å². The van der Waals surface area contributed by atoms with E-state index in [-0.39, 0.29) is 36.0 Å². The molecule has 1 saturated heterocycles. The minimum Gasteiger partial charge on any atom is -0.356 e. The molecule has 10 nitrogen and oxygen atoms in total. The van der Waals surface area contributed by atoms with Crippen LogP contribution >= 0.6 is 0 Å². The van der Waals surface area contributed by atoms with Gasteiger partial charge in [0.1, 0.15) is 24.1 Å². The van der Waals surface area contributed by atoms with Crippen LogP contribution in [0.5, 0.6) is 0 Å². The quantitative estimate of drug-likeness (QED) is 0.258. The van der Waals surface area contributed by atoms with Crippen molar-refractivity contribution >= 4 is 40.8 Å². The van der Waals surface area contributed by atoms with Gasteiger partial charge in [-0.25, -0.2) is 0 Å². The molecule has 10 heteroatoms. The number of carbonyl (C=O) groups is 5. The summed E-state index contributed by atoms with van der Waals surface area (Å²) in [7, 11) is 0. The third-order valence-corrected chi connectivity index (χ3v) is 8.56. The summed E-state index contributed by atoms with van der Waals surface area (Å²) in [6.07, 6.45) is 8.96. The highest BCUT2D eigenvalue weighted by molar-refractivity contribution is 6.01. The summed E-state index contributed by atoms with van der Waals surface area (Å²) in [6.45, 7) is 0.566. The standard InChI is InChI=1S/C30H39N5O5/c36-17-22(15-21-12-13-31-27(21)37)32-28(38)24(14-18-6-2-1-3-7-18)34-30(40)26(19-10-11-19)35-29(39)25-16-20-8-4-5-9-23(20)33-25/h4-5,8-9,16-19,21-22,24,26,33H,1-3,6-7,10-15H2,(H,31,37)(H,32,38)(H,34,40)(H,35,39)/t21-,22-,24-,26-/m0/s1. The predicted octanol–water partition coefficient (Wildman–Crippen LogP) is 2.34. The van der Waals surface area contributed by atoms with Crippen molar-refractivity contribution in [3.05, 3.63) is 36.0 Å². The van der Waals surface area contributed by atoms with Crippen molar-refractivity contribution in [2.75, 3.05) is 6.54 Å². The zero-order valence-electron chi connectivity index (χ0n) is 22.7. The highest BCUT2D eigenvalue weighted by Crippen LogP contribution is 2.33. The van der Waals surface area contributed by atoms with Crippen LogP contribution in [-0.4, -0.2) is 59.6 Å². The van der Waals surface area contributed by atoms with Crippen molar-refractivity contribution in [2.24, 2.45) is 17.8 Å². The van der Waals surface area contributed by atoms with Gasteiger partial charge >= 0.3 is 0 Å². The van der Waals surface area contributed by atoms with Crippen molar-refractivity contribution in [2.45, 2.75) is 82.3 Å². The highest BCUT2D eigenvalue weighted by Gasteiger charge is 2.39. The summed E-state index contributed by atoms with van der Waals surface area (Å²) in [6, 6.07) is 6.93. The molecule has 2 saturated carbocycles. The van der Waals surface area contributed by atoms with Gasteiger partial charge in [0.25, 0.3) is 5.91 Å². The fourth-order valence-electron chi connectivity index (χ4n) is 6.10. The maximum absolute atomic E-state index is 13.6. The second-order valence-electron chi connectivity index (χ2n) is 11.6. The molecule has 4 amide bonds. The molecule has 3 fully saturated rings. The molecule has 1 aromatic heterocycles. The zero-order chi connectivity index (χ0) is 28.1. The number of hydrogen-bond donors (Lipinski definition) is 5. The normalized spacial score (nSPS) is 21.7. The fourth-order valence-corrected chi connectivity index (χ4v) is 6.10. The maximum atomic E-state index is 13.6. The van der Waals surface area contributed by atoms with Gasteiger partial charge in [0.15, 0.2) is 0 Å². The molecular formula is C30H39N5O5. The summed E-state index contributed by atoms with van der Waals surface area (Å²) < 4.78 is 0. The fraction of sp³-hybridized carbons (Fsp3) is 0.567. The van der Waals surface area contributed by atoms with E-state index in [1.807, 2.05) is 24.3 Å². The Morgan fingerprint density at radius 2 is 1.70 bits per heavy atom. The van der Waals surface area contributed by atoms with Crippen molar-refractivity contribution in [1.29, 1.82) is 0 Å². The van der Waals surface area contributed by atoms with Crippen molar-refractivity contribution in [3.8, 4) is 0 Å². The molecule has 40 heavy (non-hydrogen) atoms. The Morgan fingerprint density at radius 1 is 0.925 bits per heavy atom. The van der Waals surface area contributed by atoms with Crippen molar-refractivity contribution < 1.29 is 24.0 Å². The Morgan fingerprint density at radius 3 is 2.38 bits per heavy atom. The Kier molecular flexibility index (Phi) is 8.81. The van der Waals surface area contributed by atoms with Gasteiger partial charge in [-0.15, -0.1) is 0 Å². The van der Waals surface area contributed by atoms with Crippen LogP contribution in [0, 0.1) is 17.8 Å². The van der Waals surface area contributed by atoms with E-state index in [9.17, 15) is 24.0 Å². The number of fused-ring (bicyclic) bond motifs is 1. The van der Waals surface area contributed by atoms with Crippen LogP contribution in [0.3, 0.4) is 0 Å². The lowest BCUT2D eigenvalue weighted by atomic mass is 9.84. The summed E-state index contributed by atoms with van der Waals surface area (Å²) in [4.78, 5) is 67.0. The van der Waals surface area contributed by atoms with Crippen molar-refractivity contribution in [1.82, 2.24) is 26.3 Å². The molecule has 5 N–H and O–H groups in total. The number of para-hydroxylation sites is 1. The van der Waals surface area contributed by atoms with Gasteiger partial charge in [0, 0.05) is 23.4 Å². The number of amides is 4. The van der Waals surface area contributed by atoms with E-state index in [1.165, 1.54) is 6.42 Å². The lowest BCUT2D eigenvalue weighted by molar-refractivity contribution is -0.132. The van der Waals surface area contributed by atoms with Crippen LogP contribution in [-0.2, 0) is 19.2 Å². The molecule has 2 aliphatic carbocycles. The van der Waals surface area contributed by atoms with E-state index < -0.39 is 24.0 Å². The number of rotatable bonds is 12. The van der Waals surface area contributed by atoms with E-state index in [0.717, 1.165) is 49.4 Å². The Bertz CT molecular complexity index is 1220. The van der Waals surface area contributed by atoms with Gasteiger partial charge < -0.3 is 31.0 Å². The molecular weight excluding hydrogens is 510 g/mol. The molecule has 214 valence electrons. The van der Waals surface area contributed by atoms with E-state index >= 15 is 0 Å². The number of nitrogens with one attached hydrogen (secondary N) is 5. The highest BCUT2D eigenvalue weighted by atomic mass is 16.2. The molecule has 0 spiro atoms. The first-order valence-electron chi connectivity index (χ1n) is 14.6. The molecule has 5 rings (SSSR count). The minimum absolute atomic E-state index is 0.00956. The lowest BCUT2D eigenvalue weighted by Crippen LogP contribution is -2.56. The average Bonchev–Trinajstić information content (AvgIpc) is 3.58. The third kappa shape index (κ3) is 6.89. The molecule has 3 aliphatic rings. The number of aldehydes is 1. The van der Waals surface area contributed by atoms with Crippen LogP contribution in [0.1, 0.15) is 74.7 Å². The number of aromatic amines is 1. The van der Waals surface area contributed by atoms with Gasteiger partial charge in [-0.2, -0.15) is 0 Å². The van der Waals surface area contributed by atoms with Gasteiger partial charge in [-0.3, -0.25) is 19.2 Å². The molecule has 0 unspecified atom stereocenters. The molecule has 4 atom stereocenters. The summed E-state index contributed by atoms with van der Waals surface area (Å²) >= 11 is 0. The van der Waals surface area contributed by atoms with Crippen LogP contribution in [0.4, 0.5) is 0 Å². The van der Waals surface area contributed by atoms with E-state index in [4.69, 9.17) is 0 Å². The average molecular weight is 550 g/mol. The van der Waals surface area contributed by atoms with Crippen LogP contribution < -0.4 is 21.3 Å². The van der Waals surface area contributed by atoms with Crippen LogP contribution in [0.15, 0.2) is 30.3 Å². The maximum Gasteiger partial charge on any atom is 0.268 e. The second kappa shape index (κ2) is 12.7. The van der Waals surface area contributed by atoms with E-state index in [1.54, 1.807) is 6.07 Å². The second-order valence-corrected chi connectivity index (χ2v) is 11.6. The molecule has 1 aliphatic heterocycles. The van der Waals surface area contributed by atoms with Gasteiger partial charge in [0.2, 0.25) is 17.7 Å². The largest absolute Gasteiger partial charge is 0.356 e. The van der Waals surface area contributed by atoms with Crippen LogP contribution in [0.25, 0.3) is 10.9 Å². The molecule has 1 aromatic carbocycles. The first kappa shape index (κ1) is 27.9. The number of H-pyrrole nitrogens is 1. The van der Waals surface area contributed by atoms with Crippen molar-refractivity contribution in [3.63, 3.8) is 0 Å². The Balaban J connectivity index is 1.26. The SMILES string of the molecule is O=C[C@H](C[C@@H]1CCNC1=O)NC(=O)[C@H](CC1CCCCC1)NC(=O)[C@@H](NC(=O)c1cc2ccccc2[nH]1)C1CC1. The number of benzene rings is 1. The Hall–Kier alpha value is -3.69. The first-order valence-corrected chi connectivity index (χ1v) is 14.6. The van der Waals surface area contributed by atoms with Gasteiger partial charge in [-0.05, 0) is 56.1 Å². The molecule has 2 heterocycles. The number of carbonyl (C=O) groups excluding carboxylic acids is 5. The summed E-state index contributed by atoms with van der Waals surface area (Å²) in [5, 5.41) is 12.3. The smallest absolute Gasteiger partial charge is 0.268 e. The van der Waals surface area contributed by atoms with Gasteiger partial charge in [-0.1, -0.05) is 50.3 Å². The number of aromatic nitrogens is 1. The minimum atomic E-state index is -0.832. The topological polar surface area (TPSA) is 149 Å². The van der Waals surface area contributed by atoms with E-state index in [0.29, 0.717) is 37.3 Å². The summed E-state index contributed by atoms with van der Waals surface area (Å²) in [5.41, 5.74) is 1.21. The molecule has 0 radical (unpaired) electrons. The zero-order valence-corrected chi connectivity index (χ0v) is 22.7. The van der Waals surface area contributed by atoms with Crippen LogP contribution in [0.2, 0.25) is 0 Å². The predicted molar refractivity (Wildman–Crippen MR) is 149 cm³/mol. The third-order valence-electron chi connectivity index (χ3n) is 8.56. The van der Waals surface area contributed by atoms with E-state index in [2.05, 4.69) is 26.3 Å². The monoisotopic (exact) mass is 549 g/mol.